The first-order valence-electron chi connectivity index (χ1n) is 12.2. The molecule has 0 saturated heterocycles. The molecule has 208 valence electrons. The lowest BCUT2D eigenvalue weighted by atomic mass is 9.96. The molecule has 0 bridgehead atoms. The van der Waals surface area contributed by atoms with E-state index in [0.29, 0.717) is 16.6 Å². The molecule has 7 nitrogen and oxygen atoms in total. The van der Waals surface area contributed by atoms with E-state index in [-0.39, 0.29) is 17.9 Å². The Morgan fingerprint density at radius 3 is 2.12 bits per heavy atom. The molecule has 11 heteroatoms. The molecule has 0 aliphatic heterocycles. The van der Waals surface area contributed by atoms with Crippen molar-refractivity contribution in [2.24, 2.45) is 5.92 Å². The molecule has 1 N–H and O–H groups in total. The number of nitrogens with zero attached hydrogens (tertiary/aromatic N) is 1. The number of halogens is 3. The van der Waals surface area contributed by atoms with E-state index in [9.17, 15) is 31.2 Å². The molecule has 4 aromatic carbocycles. The van der Waals surface area contributed by atoms with Gasteiger partial charge in [0.15, 0.2) is 0 Å². The molecule has 0 aliphatic carbocycles. The van der Waals surface area contributed by atoms with Gasteiger partial charge in [0.05, 0.1) is 4.90 Å². The molecule has 0 fully saturated rings. The lowest BCUT2D eigenvalue weighted by Gasteiger charge is -2.26. The smallest absolute Gasteiger partial charge is 0.406 e. The number of benzene rings is 4. The summed E-state index contributed by atoms with van der Waals surface area (Å²) in [6.07, 6.45) is -5.15. The summed E-state index contributed by atoms with van der Waals surface area (Å²) >= 11 is 0. The first kappa shape index (κ1) is 28.6. The monoisotopic (exact) mass is 570 g/mol. The number of hydrogen-bond acceptors (Lipinski definition) is 5. The summed E-state index contributed by atoms with van der Waals surface area (Å²) in [6.45, 7) is 1.89. The number of carbonyl (C=O) groups is 2. The molecule has 0 heterocycles. The maximum absolute atomic E-state index is 13.7. The number of carbonyl (C=O) groups excluding carboxylic acids is 2. The van der Waals surface area contributed by atoms with Crippen LogP contribution in [0, 0.1) is 5.92 Å². The second-order valence-corrected chi connectivity index (χ2v) is 10.5. The Bertz CT molecular complexity index is 1610. The number of alkyl halides is 3. The largest absolute Gasteiger partial charge is 0.573 e. The molecule has 0 saturated carbocycles. The summed E-state index contributed by atoms with van der Waals surface area (Å²) in [7, 11) is -4.36. The van der Waals surface area contributed by atoms with Gasteiger partial charge < -0.3 is 9.64 Å². The van der Waals surface area contributed by atoms with Crippen molar-refractivity contribution in [3.63, 3.8) is 0 Å². The topological polar surface area (TPSA) is 92.8 Å². The Morgan fingerprint density at radius 2 is 1.50 bits per heavy atom. The molecule has 40 heavy (non-hydrogen) atoms. The van der Waals surface area contributed by atoms with Gasteiger partial charge in [-0.2, -0.15) is 0 Å². The van der Waals surface area contributed by atoms with Crippen LogP contribution in [0.5, 0.6) is 5.75 Å². The van der Waals surface area contributed by atoms with Crippen LogP contribution < -0.4 is 14.4 Å². The third kappa shape index (κ3) is 6.97. The molecule has 4 rings (SSSR count). The maximum Gasteiger partial charge on any atom is 0.573 e. The summed E-state index contributed by atoms with van der Waals surface area (Å²) in [6, 6.07) is 24.7. The van der Waals surface area contributed by atoms with Crippen molar-refractivity contribution in [1.82, 2.24) is 4.72 Å². The number of sulfonamides is 1. The van der Waals surface area contributed by atoms with Crippen molar-refractivity contribution in [3.05, 3.63) is 103 Å². The zero-order chi connectivity index (χ0) is 28.9. The van der Waals surface area contributed by atoms with Gasteiger partial charge in [-0.1, -0.05) is 60.7 Å². The van der Waals surface area contributed by atoms with Crippen LogP contribution in [0.4, 0.5) is 18.9 Å². The molecule has 2 amide bonds. The van der Waals surface area contributed by atoms with Crippen LogP contribution in [0.3, 0.4) is 0 Å². The number of amides is 2. The average Bonchev–Trinajstić information content (AvgIpc) is 2.92. The minimum absolute atomic E-state index is 0.158. The Hall–Kier alpha value is -4.38. The van der Waals surface area contributed by atoms with Gasteiger partial charge in [-0.05, 0) is 66.1 Å². The normalized spacial score (nSPS) is 12.5. The number of anilines is 1. The van der Waals surface area contributed by atoms with Crippen molar-refractivity contribution in [3.8, 4) is 5.75 Å². The second kappa shape index (κ2) is 11.8. The van der Waals surface area contributed by atoms with E-state index in [4.69, 9.17) is 0 Å². The number of fused-ring (bicyclic) bond motifs is 1. The van der Waals surface area contributed by atoms with Gasteiger partial charge in [0, 0.05) is 12.2 Å². The Morgan fingerprint density at radius 1 is 0.875 bits per heavy atom. The summed E-state index contributed by atoms with van der Waals surface area (Å²) < 4.78 is 69.9. The molecule has 4 aromatic rings. The van der Waals surface area contributed by atoms with Crippen LogP contribution in [0.1, 0.15) is 12.5 Å². The van der Waals surface area contributed by atoms with E-state index >= 15 is 0 Å². The highest BCUT2D eigenvalue weighted by Crippen LogP contribution is 2.25. The minimum Gasteiger partial charge on any atom is -0.406 e. The lowest BCUT2D eigenvalue weighted by Crippen LogP contribution is -2.46. The molecule has 0 radical (unpaired) electrons. The fourth-order valence-electron chi connectivity index (χ4n) is 4.21. The van der Waals surface area contributed by atoms with Crippen molar-refractivity contribution in [2.75, 3.05) is 11.4 Å². The van der Waals surface area contributed by atoms with Crippen LogP contribution in [0.2, 0.25) is 0 Å². The van der Waals surface area contributed by atoms with E-state index in [1.54, 1.807) is 55.5 Å². The van der Waals surface area contributed by atoms with E-state index in [1.807, 2.05) is 16.9 Å². The van der Waals surface area contributed by atoms with Gasteiger partial charge in [-0.15, -0.1) is 13.2 Å². The first-order chi connectivity index (χ1) is 19.0. The standard InChI is InChI=1S/C29H25F3N2O5S/c1-2-34(23-10-4-3-5-11-23)28(36)26(18-20-12-15-24(16-13-20)39-29(30,31)32)27(35)33-40(37,38)25-17-14-21-8-6-7-9-22(21)19-25/h3-17,19,26H,2,18H2,1H3,(H,33,35). The summed E-state index contributed by atoms with van der Waals surface area (Å²) in [5, 5.41) is 1.45. The van der Waals surface area contributed by atoms with Gasteiger partial charge in [0.1, 0.15) is 11.7 Å². The van der Waals surface area contributed by atoms with Gasteiger partial charge in [0.2, 0.25) is 11.8 Å². The third-order valence-electron chi connectivity index (χ3n) is 6.13. The average molecular weight is 571 g/mol. The fraction of sp³-hybridized carbons (Fsp3) is 0.172. The number of nitrogens with one attached hydrogen (secondary N) is 1. The number of hydrogen-bond donors (Lipinski definition) is 1. The van der Waals surface area contributed by atoms with Gasteiger partial charge in [-0.25, -0.2) is 13.1 Å². The highest BCUT2D eigenvalue weighted by molar-refractivity contribution is 7.90. The minimum atomic E-state index is -4.88. The first-order valence-corrected chi connectivity index (χ1v) is 13.7. The predicted octanol–water partition coefficient (Wildman–Crippen LogP) is 5.46. The van der Waals surface area contributed by atoms with Crippen LogP contribution >= 0.6 is 0 Å². The molecule has 0 aromatic heterocycles. The quantitative estimate of drug-likeness (QED) is 0.270. The van der Waals surface area contributed by atoms with Crippen LogP contribution in [-0.4, -0.2) is 33.1 Å². The van der Waals surface area contributed by atoms with Crippen LogP contribution in [0.15, 0.2) is 102 Å². The van der Waals surface area contributed by atoms with Gasteiger partial charge in [-0.3, -0.25) is 9.59 Å². The van der Waals surface area contributed by atoms with E-state index < -0.39 is 39.9 Å². The zero-order valence-corrected chi connectivity index (χ0v) is 22.1. The number of para-hydroxylation sites is 1. The Kier molecular flexibility index (Phi) is 8.43. The molecule has 0 aliphatic rings. The van der Waals surface area contributed by atoms with Gasteiger partial charge >= 0.3 is 6.36 Å². The second-order valence-electron chi connectivity index (χ2n) is 8.85. The van der Waals surface area contributed by atoms with Crippen LogP contribution in [-0.2, 0) is 26.0 Å². The molecular weight excluding hydrogens is 545 g/mol. The van der Waals surface area contributed by atoms with E-state index in [0.717, 1.165) is 17.5 Å². The maximum atomic E-state index is 13.7. The Labute approximate surface area is 229 Å². The highest BCUT2D eigenvalue weighted by atomic mass is 32.2. The van der Waals surface area contributed by atoms with Crippen molar-refractivity contribution in [2.45, 2.75) is 24.6 Å². The van der Waals surface area contributed by atoms with Crippen molar-refractivity contribution in [1.29, 1.82) is 0 Å². The van der Waals surface area contributed by atoms with Crippen molar-refractivity contribution < 1.29 is 35.9 Å². The molecular formula is C29H25F3N2O5S. The van der Waals surface area contributed by atoms with Crippen molar-refractivity contribution >= 4 is 38.3 Å². The van der Waals surface area contributed by atoms with E-state index in [1.165, 1.54) is 29.2 Å². The predicted molar refractivity (Wildman–Crippen MR) is 144 cm³/mol. The van der Waals surface area contributed by atoms with Crippen LogP contribution in [0.25, 0.3) is 10.8 Å². The van der Waals surface area contributed by atoms with E-state index in [2.05, 4.69) is 4.74 Å². The Balaban J connectivity index is 1.64. The summed E-state index contributed by atoms with van der Waals surface area (Å²) in [5.41, 5.74) is 0.828. The number of ether oxygens (including phenoxy) is 1. The third-order valence-corrected chi connectivity index (χ3v) is 7.47. The molecule has 1 atom stereocenters. The SMILES string of the molecule is CCN(C(=O)C(Cc1ccc(OC(F)(F)F)cc1)C(=O)NS(=O)(=O)c1ccc2ccccc2c1)c1ccccc1. The molecule has 0 spiro atoms. The lowest BCUT2D eigenvalue weighted by molar-refractivity contribution is -0.274. The zero-order valence-electron chi connectivity index (χ0n) is 21.3. The summed E-state index contributed by atoms with van der Waals surface area (Å²) in [4.78, 5) is 28.3. The molecule has 1 unspecified atom stereocenters. The summed E-state index contributed by atoms with van der Waals surface area (Å²) in [5.74, 6) is -3.72. The highest BCUT2D eigenvalue weighted by Gasteiger charge is 2.34. The van der Waals surface area contributed by atoms with Gasteiger partial charge in [0.25, 0.3) is 10.0 Å². The fourth-order valence-corrected chi connectivity index (χ4v) is 5.27. The number of rotatable bonds is 9.